The molecule has 13 heavy (non-hydrogen) atoms. The van der Waals surface area contributed by atoms with E-state index < -0.39 is 11.9 Å². The monoisotopic (exact) mass is 223 g/mol. The zero-order valence-electron chi connectivity index (χ0n) is 11.1. The van der Waals surface area contributed by atoms with Gasteiger partial charge >= 0.3 is 101 Å². The van der Waals surface area contributed by atoms with E-state index in [0.29, 0.717) is 0 Å². The van der Waals surface area contributed by atoms with Crippen LogP contribution in [0, 0.1) is 0 Å². The van der Waals surface area contributed by atoms with Gasteiger partial charge in [0.1, 0.15) is 0 Å². The molecule has 0 radical (unpaired) electrons. The SMILES string of the molecule is O.O=C(O)CNCC(=O)O.[H-].[H-].[H-].[Na+].[Na+].[Na+]. The molecule has 0 bridgehead atoms. The Bertz CT molecular complexity index is 130. The van der Waals surface area contributed by atoms with Gasteiger partial charge < -0.3 is 20.0 Å². The summed E-state index contributed by atoms with van der Waals surface area (Å²) < 4.78 is 0. The maximum absolute atomic E-state index is 9.73. The molecule has 0 saturated carbocycles. The number of carboxylic acid groups (broad SMARTS) is 2. The molecule has 0 saturated heterocycles. The Hall–Kier alpha value is 1.86. The minimum absolute atomic E-state index is 0. The Balaban J connectivity index is -0.0000000152. The molecule has 0 aromatic heterocycles. The van der Waals surface area contributed by atoms with Crippen LogP contribution in [0.1, 0.15) is 4.28 Å². The predicted octanol–water partition coefficient (Wildman–Crippen LogP) is -10.7. The smallest absolute Gasteiger partial charge is 1.00 e. The maximum Gasteiger partial charge on any atom is 1.00 e. The third-order valence-corrected chi connectivity index (χ3v) is 0.552. The number of nitrogens with one attached hydrogen (secondary N) is 1. The molecule has 9 heteroatoms. The van der Waals surface area contributed by atoms with Gasteiger partial charge in [0.05, 0.1) is 13.1 Å². The van der Waals surface area contributed by atoms with E-state index in [-0.39, 0.29) is 112 Å². The Kier molecular flexibility index (Phi) is 43.9. The van der Waals surface area contributed by atoms with E-state index >= 15 is 0 Å². The van der Waals surface area contributed by atoms with Crippen molar-refractivity contribution in [2.45, 2.75) is 0 Å². The van der Waals surface area contributed by atoms with E-state index in [2.05, 4.69) is 5.32 Å². The first-order valence-corrected chi connectivity index (χ1v) is 2.27. The van der Waals surface area contributed by atoms with Gasteiger partial charge in [-0.15, -0.1) is 0 Å². The fourth-order valence-electron chi connectivity index (χ4n) is 0.276. The first kappa shape index (κ1) is 29.4. The number of rotatable bonds is 4. The average Bonchev–Trinajstić information content (AvgIpc) is 1.63. The van der Waals surface area contributed by atoms with Crippen LogP contribution >= 0.6 is 0 Å². The summed E-state index contributed by atoms with van der Waals surface area (Å²) >= 11 is 0. The second-order valence-electron chi connectivity index (χ2n) is 1.39. The first-order valence-electron chi connectivity index (χ1n) is 2.27. The van der Waals surface area contributed by atoms with Gasteiger partial charge in [-0.1, -0.05) is 0 Å². The Morgan fingerprint density at radius 1 is 1.00 bits per heavy atom. The zero-order chi connectivity index (χ0) is 7.28. The molecule has 5 N–H and O–H groups in total. The van der Waals surface area contributed by atoms with Crippen LogP contribution in [0.3, 0.4) is 0 Å². The van der Waals surface area contributed by atoms with E-state index in [9.17, 15) is 9.59 Å². The summed E-state index contributed by atoms with van der Waals surface area (Å²) in [4.78, 5) is 19.5. The van der Waals surface area contributed by atoms with Crippen molar-refractivity contribution in [3.8, 4) is 0 Å². The third-order valence-electron chi connectivity index (χ3n) is 0.552. The van der Waals surface area contributed by atoms with Crippen LogP contribution in [-0.2, 0) is 9.59 Å². The van der Waals surface area contributed by atoms with Gasteiger partial charge in [0, 0.05) is 0 Å². The number of hydrogen-bond acceptors (Lipinski definition) is 3. The molecule has 0 aromatic carbocycles. The summed E-state index contributed by atoms with van der Waals surface area (Å²) in [5, 5.41) is 18.1. The molecule has 0 atom stereocenters. The second kappa shape index (κ2) is 19.4. The van der Waals surface area contributed by atoms with E-state index in [1.165, 1.54) is 0 Å². The maximum atomic E-state index is 9.73. The molecule has 0 unspecified atom stereocenters. The van der Waals surface area contributed by atoms with Gasteiger partial charge in [0.2, 0.25) is 0 Å². The standard InChI is InChI=1S/C4H7NO4.3Na.H2O.3H/c6-3(7)1-5-2-4(8)9;;;;;;;/h5H,1-2H2,(H,6,7)(H,8,9);;;;1H2;;;/q;3*+1;;3*-1. The second-order valence-corrected chi connectivity index (χ2v) is 1.39. The average molecular weight is 223 g/mol. The van der Waals surface area contributed by atoms with Crippen LogP contribution in [0.4, 0.5) is 0 Å². The summed E-state index contributed by atoms with van der Waals surface area (Å²) in [7, 11) is 0. The molecule has 0 aliphatic rings. The molecule has 0 aliphatic carbocycles. The third kappa shape index (κ3) is 31.6. The van der Waals surface area contributed by atoms with Crippen molar-refractivity contribution >= 4 is 11.9 Å². The minimum Gasteiger partial charge on any atom is -1.00 e. The Morgan fingerprint density at radius 2 is 1.23 bits per heavy atom. The molecule has 0 aromatic rings. The van der Waals surface area contributed by atoms with Crippen molar-refractivity contribution in [3.63, 3.8) is 0 Å². The molecule has 6 nitrogen and oxygen atoms in total. The largest absolute Gasteiger partial charge is 1.00 e. The number of carboxylic acids is 2. The van der Waals surface area contributed by atoms with Crippen LogP contribution in [0.5, 0.6) is 0 Å². The van der Waals surface area contributed by atoms with Gasteiger partial charge in [-0.25, -0.2) is 0 Å². The summed E-state index contributed by atoms with van der Waals surface area (Å²) in [5.74, 6) is -2.12. The molecule has 0 rings (SSSR count). The van der Waals surface area contributed by atoms with Crippen molar-refractivity contribution in [3.05, 3.63) is 0 Å². The first-order chi connectivity index (χ1) is 4.13. The van der Waals surface area contributed by atoms with Crippen LogP contribution in [0.25, 0.3) is 0 Å². The van der Waals surface area contributed by atoms with Crippen LogP contribution in [0.2, 0.25) is 0 Å². The molecule has 0 amide bonds. The summed E-state index contributed by atoms with van der Waals surface area (Å²) in [6.45, 7) is -0.626. The molecule has 66 valence electrons. The predicted molar refractivity (Wildman–Crippen MR) is 35.1 cm³/mol. The van der Waals surface area contributed by atoms with Gasteiger partial charge in [0.25, 0.3) is 0 Å². The van der Waals surface area contributed by atoms with Crippen molar-refractivity contribution in [2.24, 2.45) is 0 Å². The van der Waals surface area contributed by atoms with Crippen LogP contribution < -0.4 is 94.0 Å². The van der Waals surface area contributed by atoms with Gasteiger partial charge in [-0.05, 0) is 0 Å². The molecule has 0 heterocycles. The normalized spacial score (nSPS) is 6.15. The quantitative estimate of drug-likeness (QED) is 0.409. The number of carbonyl (C=O) groups is 2. The van der Waals surface area contributed by atoms with E-state index in [0.717, 1.165) is 0 Å². The van der Waals surface area contributed by atoms with Crippen LogP contribution in [0.15, 0.2) is 0 Å². The topological polar surface area (TPSA) is 118 Å². The summed E-state index contributed by atoms with van der Waals surface area (Å²) in [5.41, 5.74) is 0. The van der Waals surface area contributed by atoms with E-state index in [4.69, 9.17) is 10.2 Å². The minimum atomic E-state index is -1.06. The fraction of sp³-hybridized carbons (Fsp3) is 0.500. The zero-order valence-corrected chi connectivity index (χ0v) is 14.1. The van der Waals surface area contributed by atoms with Gasteiger partial charge in [-0.2, -0.15) is 0 Å². The van der Waals surface area contributed by atoms with Gasteiger partial charge in [0.15, 0.2) is 0 Å². The van der Waals surface area contributed by atoms with E-state index in [1.54, 1.807) is 0 Å². The molecular weight excluding hydrogens is 211 g/mol. The molecule has 0 aliphatic heterocycles. The Morgan fingerprint density at radius 3 is 1.38 bits per heavy atom. The van der Waals surface area contributed by atoms with Crippen molar-refractivity contribution in [1.29, 1.82) is 0 Å². The van der Waals surface area contributed by atoms with Crippen molar-refractivity contribution in [2.75, 3.05) is 13.1 Å². The molecule has 0 spiro atoms. The number of hydrogen-bond donors (Lipinski definition) is 3. The van der Waals surface area contributed by atoms with Crippen molar-refractivity contribution < 1.29 is 118 Å². The van der Waals surface area contributed by atoms with Crippen LogP contribution in [-0.4, -0.2) is 40.7 Å². The molecular formula is C4H12NNa3O5. The summed E-state index contributed by atoms with van der Waals surface area (Å²) in [6.07, 6.45) is 0. The molecule has 0 fully saturated rings. The Labute approximate surface area is 146 Å². The fourth-order valence-corrected chi connectivity index (χ4v) is 0.276. The summed E-state index contributed by atoms with van der Waals surface area (Å²) in [6, 6.07) is 0. The number of aliphatic carboxylic acids is 2. The van der Waals surface area contributed by atoms with Crippen molar-refractivity contribution in [1.82, 2.24) is 5.32 Å². The van der Waals surface area contributed by atoms with E-state index in [1.807, 2.05) is 0 Å². The van der Waals surface area contributed by atoms with Gasteiger partial charge in [-0.3, -0.25) is 14.9 Å².